The van der Waals surface area contributed by atoms with Crippen LogP contribution in [0.15, 0.2) is 48.5 Å². The van der Waals surface area contributed by atoms with Crippen molar-refractivity contribution in [3.05, 3.63) is 76.2 Å². The predicted molar refractivity (Wildman–Crippen MR) is 145 cm³/mol. The van der Waals surface area contributed by atoms with E-state index in [0.29, 0.717) is 39.6 Å². The Morgan fingerprint density at radius 1 is 1.13 bits per heavy atom. The number of hydrogen-bond acceptors (Lipinski definition) is 7. The lowest BCUT2D eigenvalue weighted by atomic mass is 9.88. The highest BCUT2D eigenvalue weighted by molar-refractivity contribution is 6.31. The highest BCUT2D eigenvalue weighted by Crippen LogP contribution is 2.34. The first-order chi connectivity index (χ1) is 17.7. The maximum absolute atomic E-state index is 13.7. The second-order valence-electron chi connectivity index (χ2n) is 10.2. The molecule has 0 amide bonds. The van der Waals surface area contributed by atoms with Crippen molar-refractivity contribution in [3.63, 3.8) is 0 Å². The summed E-state index contributed by atoms with van der Waals surface area (Å²) in [5.74, 6) is 0.0309. The van der Waals surface area contributed by atoms with Gasteiger partial charge in [-0.25, -0.2) is 9.37 Å². The molecule has 204 valence electrons. The third-order valence-electron chi connectivity index (χ3n) is 6.14. The summed E-state index contributed by atoms with van der Waals surface area (Å²) in [6.45, 7) is 6.93. The number of methoxy groups -OCH3 is 1. The van der Waals surface area contributed by atoms with E-state index in [1.807, 2.05) is 13.8 Å². The molecule has 1 aromatic heterocycles. The molecular weight excluding hydrogens is 511 g/mol. The van der Waals surface area contributed by atoms with Crippen molar-refractivity contribution >= 4 is 17.4 Å². The minimum absolute atomic E-state index is 0.0274. The standard InChI is InChI=1S/C29H34ClFN2O5/c1-17(34)16-38-25-9-7-19(13-26(25)37-5)24(35)10-11-29(4,36)27-15-20(28(2,3)32)14-23(33-27)18-6-8-22(31)21(30)12-18/h6-9,12-15,17,34,36H,10-11,16,32H2,1-5H3/t17-,29-/m1/s1. The molecular formula is C29H34ClFN2O5. The fourth-order valence-electron chi connectivity index (χ4n) is 3.78. The van der Waals surface area contributed by atoms with Gasteiger partial charge in [-0.05, 0) is 88.2 Å². The Balaban J connectivity index is 1.86. The number of nitrogens with two attached hydrogens (primary N) is 1. The number of benzene rings is 2. The summed E-state index contributed by atoms with van der Waals surface area (Å²) in [7, 11) is 1.47. The van der Waals surface area contributed by atoms with E-state index in [9.17, 15) is 19.4 Å². The van der Waals surface area contributed by atoms with Crippen LogP contribution in [0.3, 0.4) is 0 Å². The molecule has 0 spiro atoms. The number of carbonyl (C=O) groups excluding carboxylic acids is 1. The summed E-state index contributed by atoms with van der Waals surface area (Å²) in [5.41, 5.74) is 6.62. The number of carbonyl (C=O) groups is 1. The summed E-state index contributed by atoms with van der Waals surface area (Å²) >= 11 is 5.99. The van der Waals surface area contributed by atoms with Crippen molar-refractivity contribution in [2.75, 3.05) is 13.7 Å². The van der Waals surface area contributed by atoms with Crippen LogP contribution in [0.25, 0.3) is 11.3 Å². The van der Waals surface area contributed by atoms with Gasteiger partial charge in [0.25, 0.3) is 0 Å². The highest BCUT2D eigenvalue weighted by Gasteiger charge is 2.29. The number of rotatable bonds is 11. The molecule has 3 rings (SSSR count). The van der Waals surface area contributed by atoms with Gasteiger partial charge >= 0.3 is 0 Å². The summed E-state index contributed by atoms with van der Waals surface area (Å²) in [4.78, 5) is 17.6. The zero-order chi connectivity index (χ0) is 28.3. The summed E-state index contributed by atoms with van der Waals surface area (Å²) in [5, 5.41) is 20.8. The molecule has 2 atom stereocenters. The van der Waals surface area contributed by atoms with E-state index in [4.69, 9.17) is 26.8 Å². The maximum Gasteiger partial charge on any atom is 0.163 e. The predicted octanol–water partition coefficient (Wildman–Crippen LogP) is 5.37. The largest absolute Gasteiger partial charge is 0.493 e. The SMILES string of the molecule is COc1cc(C(=O)CC[C@@](C)(O)c2cc(C(C)(C)N)cc(-c3ccc(F)c(Cl)c3)n2)ccc1OC[C@@H](C)O. The van der Waals surface area contributed by atoms with Crippen LogP contribution in [-0.4, -0.2) is 40.8 Å². The fraction of sp³-hybridized carbons (Fsp3) is 0.379. The molecule has 0 bridgehead atoms. The number of aliphatic hydroxyl groups is 2. The van der Waals surface area contributed by atoms with Gasteiger partial charge in [0.15, 0.2) is 17.3 Å². The molecule has 0 fully saturated rings. The van der Waals surface area contributed by atoms with Crippen molar-refractivity contribution in [2.24, 2.45) is 5.73 Å². The van der Waals surface area contributed by atoms with Crippen LogP contribution < -0.4 is 15.2 Å². The van der Waals surface area contributed by atoms with Crippen molar-refractivity contribution in [2.45, 2.75) is 57.8 Å². The maximum atomic E-state index is 13.7. The van der Waals surface area contributed by atoms with E-state index in [2.05, 4.69) is 4.98 Å². The van der Waals surface area contributed by atoms with Crippen LogP contribution in [0.1, 0.15) is 62.2 Å². The average Bonchev–Trinajstić information content (AvgIpc) is 2.86. The minimum Gasteiger partial charge on any atom is -0.493 e. The molecule has 0 unspecified atom stereocenters. The fourth-order valence-corrected chi connectivity index (χ4v) is 3.96. The number of aromatic nitrogens is 1. The van der Waals surface area contributed by atoms with E-state index in [0.717, 1.165) is 0 Å². The molecule has 9 heteroatoms. The van der Waals surface area contributed by atoms with Crippen molar-refractivity contribution in [3.8, 4) is 22.8 Å². The molecule has 0 aliphatic rings. The normalized spacial score (nSPS) is 14.1. The van der Waals surface area contributed by atoms with Gasteiger partial charge in [0.1, 0.15) is 18.0 Å². The first kappa shape index (κ1) is 29.5. The molecule has 1 heterocycles. The second kappa shape index (κ2) is 11.8. The van der Waals surface area contributed by atoms with E-state index >= 15 is 0 Å². The lowest BCUT2D eigenvalue weighted by Crippen LogP contribution is -2.31. The molecule has 2 aromatic carbocycles. The average molecular weight is 545 g/mol. The van der Waals surface area contributed by atoms with Crippen LogP contribution in [-0.2, 0) is 11.1 Å². The molecule has 0 saturated carbocycles. The van der Waals surface area contributed by atoms with Gasteiger partial charge in [-0.1, -0.05) is 11.6 Å². The van der Waals surface area contributed by atoms with Crippen LogP contribution >= 0.6 is 11.6 Å². The molecule has 0 aliphatic heterocycles. The van der Waals surface area contributed by atoms with Crippen LogP contribution in [0.4, 0.5) is 4.39 Å². The van der Waals surface area contributed by atoms with E-state index in [1.165, 1.54) is 19.2 Å². The zero-order valence-electron chi connectivity index (χ0n) is 22.2. The van der Waals surface area contributed by atoms with Crippen LogP contribution in [0.2, 0.25) is 5.02 Å². The van der Waals surface area contributed by atoms with Crippen molar-refractivity contribution in [1.82, 2.24) is 4.98 Å². The van der Waals surface area contributed by atoms with Crippen molar-refractivity contribution < 1.29 is 28.9 Å². The van der Waals surface area contributed by atoms with Gasteiger partial charge in [-0.15, -0.1) is 0 Å². The Kier molecular flexibility index (Phi) is 9.15. The van der Waals surface area contributed by atoms with Gasteiger partial charge in [0, 0.05) is 23.1 Å². The molecule has 38 heavy (non-hydrogen) atoms. The molecule has 0 aliphatic carbocycles. The second-order valence-corrected chi connectivity index (χ2v) is 10.6. The highest BCUT2D eigenvalue weighted by atomic mass is 35.5. The van der Waals surface area contributed by atoms with Gasteiger partial charge in [0.2, 0.25) is 0 Å². The third kappa shape index (κ3) is 7.29. The number of aliphatic hydroxyl groups excluding tert-OH is 1. The van der Waals surface area contributed by atoms with Gasteiger partial charge in [0.05, 0.1) is 29.6 Å². The Labute approximate surface area is 227 Å². The number of ether oxygens (including phenoxy) is 2. The number of ketones is 1. The summed E-state index contributed by atoms with van der Waals surface area (Å²) in [6, 6.07) is 12.6. The Hall–Kier alpha value is -3.04. The number of pyridine rings is 1. The Morgan fingerprint density at radius 2 is 1.84 bits per heavy atom. The number of hydrogen-bond donors (Lipinski definition) is 3. The smallest absolute Gasteiger partial charge is 0.163 e. The van der Waals surface area contributed by atoms with E-state index < -0.39 is 23.1 Å². The Bertz CT molecular complexity index is 1300. The van der Waals surface area contributed by atoms with Gasteiger partial charge in [-0.2, -0.15) is 0 Å². The molecule has 0 radical (unpaired) electrons. The monoisotopic (exact) mass is 544 g/mol. The van der Waals surface area contributed by atoms with Crippen LogP contribution in [0, 0.1) is 5.82 Å². The quantitative estimate of drug-likeness (QED) is 0.278. The van der Waals surface area contributed by atoms with Crippen molar-refractivity contribution in [1.29, 1.82) is 0 Å². The molecule has 3 aromatic rings. The first-order valence-electron chi connectivity index (χ1n) is 12.2. The number of Topliss-reactive ketones (excluding diaryl/α,β-unsaturated/α-hetero) is 1. The topological polar surface area (TPSA) is 115 Å². The summed E-state index contributed by atoms with van der Waals surface area (Å²) in [6.07, 6.45) is -0.542. The third-order valence-corrected chi connectivity index (χ3v) is 6.43. The van der Waals surface area contributed by atoms with Gasteiger partial charge < -0.3 is 25.4 Å². The van der Waals surface area contributed by atoms with Gasteiger partial charge in [-0.3, -0.25) is 4.79 Å². The molecule has 4 N–H and O–H groups in total. The van der Waals surface area contributed by atoms with Crippen LogP contribution in [0.5, 0.6) is 11.5 Å². The summed E-state index contributed by atoms with van der Waals surface area (Å²) < 4.78 is 24.6. The lowest BCUT2D eigenvalue weighted by molar-refractivity contribution is 0.0396. The lowest BCUT2D eigenvalue weighted by Gasteiger charge is -2.27. The molecule has 7 nitrogen and oxygen atoms in total. The minimum atomic E-state index is -1.47. The Morgan fingerprint density at radius 3 is 2.45 bits per heavy atom. The number of halogens is 2. The zero-order valence-corrected chi connectivity index (χ0v) is 23.0. The van der Waals surface area contributed by atoms with E-state index in [1.54, 1.807) is 50.2 Å². The van der Waals surface area contributed by atoms with E-state index in [-0.39, 0.29) is 30.3 Å². The first-order valence-corrected chi connectivity index (χ1v) is 12.6. The molecule has 0 saturated heterocycles. The number of nitrogens with zero attached hydrogens (tertiary/aromatic N) is 1.